The fraction of sp³-hybridized carbons (Fsp3) is 0.500. The maximum atomic E-state index is 11.8. The highest BCUT2D eigenvalue weighted by Crippen LogP contribution is 2.14. The van der Waals surface area contributed by atoms with Crippen LogP contribution in [0, 0.1) is 0 Å². The van der Waals surface area contributed by atoms with Gasteiger partial charge in [-0.05, 0) is 12.0 Å². The van der Waals surface area contributed by atoms with E-state index in [0.717, 1.165) is 5.56 Å². The van der Waals surface area contributed by atoms with Gasteiger partial charge in [0.2, 0.25) is 11.8 Å². The van der Waals surface area contributed by atoms with Crippen LogP contribution in [0.5, 0.6) is 0 Å². The van der Waals surface area contributed by atoms with Gasteiger partial charge in [0, 0.05) is 13.5 Å². The van der Waals surface area contributed by atoms with E-state index in [9.17, 15) is 9.59 Å². The molecule has 2 amide bonds. The molecule has 1 aromatic carbocycles. The third kappa shape index (κ3) is 5.46. The smallest absolute Gasteiger partial charge is 0.239 e. The van der Waals surface area contributed by atoms with E-state index in [1.165, 1.54) is 6.92 Å². The molecule has 0 aromatic heterocycles. The fourth-order valence-electron chi connectivity index (χ4n) is 2.28. The number of rotatable bonds is 6. The molecule has 22 heavy (non-hydrogen) atoms. The lowest BCUT2D eigenvalue weighted by atomic mass is 10.1. The summed E-state index contributed by atoms with van der Waals surface area (Å²) >= 11 is 0. The minimum Gasteiger partial charge on any atom is -0.379 e. The first kappa shape index (κ1) is 16.5. The maximum absolute atomic E-state index is 11.8. The van der Waals surface area contributed by atoms with Crippen molar-refractivity contribution in [3.63, 3.8) is 0 Å². The molecular formula is C16H22N2O4. The van der Waals surface area contributed by atoms with Crippen molar-refractivity contribution >= 4 is 11.8 Å². The summed E-state index contributed by atoms with van der Waals surface area (Å²) in [4.78, 5) is 22.6. The highest BCUT2D eigenvalue weighted by atomic mass is 16.5. The highest BCUT2D eigenvalue weighted by molar-refractivity contribution is 5.83. The molecule has 1 aliphatic heterocycles. The fourth-order valence-corrected chi connectivity index (χ4v) is 2.28. The molecule has 1 aliphatic rings. The molecule has 2 rings (SSSR count). The molecule has 0 saturated carbocycles. The molecule has 1 aromatic rings. The van der Waals surface area contributed by atoms with Crippen LogP contribution in [0.15, 0.2) is 30.3 Å². The number of hydrogen-bond donors (Lipinski definition) is 2. The number of carbonyl (C=O) groups is 2. The van der Waals surface area contributed by atoms with E-state index in [4.69, 9.17) is 9.47 Å². The average Bonchev–Trinajstić information content (AvgIpc) is 2.53. The Morgan fingerprint density at radius 3 is 2.82 bits per heavy atom. The third-order valence-corrected chi connectivity index (χ3v) is 3.46. The second kappa shape index (κ2) is 8.51. The Bertz CT molecular complexity index is 492. The van der Waals surface area contributed by atoms with Gasteiger partial charge in [-0.3, -0.25) is 9.59 Å². The van der Waals surface area contributed by atoms with Crippen molar-refractivity contribution in [2.75, 3.05) is 19.8 Å². The first-order valence-electron chi connectivity index (χ1n) is 7.42. The molecule has 1 heterocycles. The molecule has 1 fully saturated rings. The number of amides is 2. The quantitative estimate of drug-likeness (QED) is 0.807. The van der Waals surface area contributed by atoms with E-state index in [-0.39, 0.29) is 30.5 Å². The molecule has 120 valence electrons. The average molecular weight is 306 g/mol. The van der Waals surface area contributed by atoms with Gasteiger partial charge in [0.15, 0.2) is 0 Å². The summed E-state index contributed by atoms with van der Waals surface area (Å²) in [5, 5.41) is 5.39. The minimum absolute atomic E-state index is 0.0158. The summed E-state index contributed by atoms with van der Waals surface area (Å²) in [6.07, 6.45) is 0.515. The molecule has 1 saturated heterocycles. The van der Waals surface area contributed by atoms with Crippen LogP contribution < -0.4 is 10.6 Å². The minimum atomic E-state index is -0.223. The molecular weight excluding hydrogens is 284 g/mol. The van der Waals surface area contributed by atoms with Gasteiger partial charge in [-0.15, -0.1) is 0 Å². The van der Waals surface area contributed by atoms with Crippen LogP contribution in [0.2, 0.25) is 0 Å². The van der Waals surface area contributed by atoms with Gasteiger partial charge in [0.1, 0.15) is 6.10 Å². The molecule has 2 atom stereocenters. The topological polar surface area (TPSA) is 76.7 Å². The van der Waals surface area contributed by atoms with Gasteiger partial charge in [-0.2, -0.15) is 0 Å². The molecule has 0 unspecified atom stereocenters. The van der Waals surface area contributed by atoms with Crippen molar-refractivity contribution in [3.8, 4) is 0 Å². The Morgan fingerprint density at radius 2 is 2.09 bits per heavy atom. The predicted molar refractivity (Wildman–Crippen MR) is 81.1 cm³/mol. The Hall–Kier alpha value is -1.92. The van der Waals surface area contributed by atoms with Gasteiger partial charge in [-0.25, -0.2) is 0 Å². The number of nitrogens with one attached hydrogen (secondary N) is 2. The normalized spacial score (nSPS) is 21.1. The highest BCUT2D eigenvalue weighted by Gasteiger charge is 2.27. The lowest BCUT2D eigenvalue weighted by Crippen LogP contribution is -2.52. The number of benzene rings is 1. The summed E-state index contributed by atoms with van der Waals surface area (Å²) in [6.45, 7) is 2.90. The zero-order valence-corrected chi connectivity index (χ0v) is 12.7. The van der Waals surface area contributed by atoms with Crippen LogP contribution in [0.25, 0.3) is 0 Å². The molecule has 6 nitrogen and oxygen atoms in total. The van der Waals surface area contributed by atoms with E-state index in [1.807, 2.05) is 30.3 Å². The van der Waals surface area contributed by atoms with Crippen LogP contribution >= 0.6 is 0 Å². The van der Waals surface area contributed by atoms with Crippen molar-refractivity contribution in [2.24, 2.45) is 0 Å². The van der Waals surface area contributed by atoms with Crippen molar-refractivity contribution in [2.45, 2.75) is 32.1 Å². The Labute approximate surface area is 130 Å². The van der Waals surface area contributed by atoms with E-state index < -0.39 is 0 Å². The number of ether oxygens (including phenoxy) is 2. The number of carbonyl (C=O) groups excluding carboxylic acids is 2. The Balaban J connectivity index is 1.82. The van der Waals surface area contributed by atoms with Crippen LogP contribution in [0.4, 0.5) is 0 Å². The van der Waals surface area contributed by atoms with Crippen molar-refractivity contribution in [1.82, 2.24) is 10.6 Å². The maximum Gasteiger partial charge on any atom is 0.239 e. The van der Waals surface area contributed by atoms with Gasteiger partial charge in [0.05, 0.1) is 25.8 Å². The largest absolute Gasteiger partial charge is 0.379 e. The van der Waals surface area contributed by atoms with Crippen LogP contribution in [-0.2, 0) is 25.7 Å². The molecule has 0 aliphatic carbocycles. The second-order valence-corrected chi connectivity index (χ2v) is 5.28. The van der Waals surface area contributed by atoms with E-state index in [1.54, 1.807) is 0 Å². The summed E-state index contributed by atoms with van der Waals surface area (Å²) in [5.74, 6) is -0.436. The van der Waals surface area contributed by atoms with E-state index in [0.29, 0.717) is 26.2 Å². The monoisotopic (exact) mass is 306 g/mol. The second-order valence-electron chi connectivity index (χ2n) is 5.28. The summed E-state index contributed by atoms with van der Waals surface area (Å²) in [7, 11) is 0. The lowest BCUT2D eigenvalue weighted by Gasteiger charge is -2.32. The van der Waals surface area contributed by atoms with E-state index in [2.05, 4.69) is 10.6 Å². The summed E-state index contributed by atoms with van der Waals surface area (Å²) in [5.41, 5.74) is 1.08. The third-order valence-electron chi connectivity index (χ3n) is 3.46. The van der Waals surface area contributed by atoms with Crippen molar-refractivity contribution in [1.29, 1.82) is 0 Å². The van der Waals surface area contributed by atoms with Gasteiger partial charge in [-0.1, -0.05) is 30.3 Å². The summed E-state index contributed by atoms with van der Waals surface area (Å²) in [6, 6.07) is 9.77. The van der Waals surface area contributed by atoms with Crippen LogP contribution in [-0.4, -0.2) is 43.7 Å². The zero-order chi connectivity index (χ0) is 15.8. The molecule has 0 radical (unpaired) electrons. The standard InChI is InChI=1S/C16H22N2O4/c1-12(19)17-9-16(20)18-14-7-8-21-11-15(14)22-10-13-5-3-2-4-6-13/h2-6,14-15H,7-11H2,1H3,(H,17,19)(H,18,20)/t14-,15-/m1/s1. The van der Waals surface area contributed by atoms with Crippen LogP contribution in [0.1, 0.15) is 18.9 Å². The van der Waals surface area contributed by atoms with E-state index >= 15 is 0 Å². The summed E-state index contributed by atoms with van der Waals surface area (Å²) < 4.78 is 11.3. The van der Waals surface area contributed by atoms with Gasteiger partial charge in [0.25, 0.3) is 0 Å². The molecule has 6 heteroatoms. The van der Waals surface area contributed by atoms with Gasteiger partial charge < -0.3 is 20.1 Å². The SMILES string of the molecule is CC(=O)NCC(=O)N[C@@H]1CCOC[C@H]1OCc1ccccc1. The lowest BCUT2D eigenvalue weighted by molar-refractivity contribution is -0.128. The number of hydrogen-bond acceptors (Lipinski definition) is 4. The molecule has 2 N–H and O–H groups in total. The van der Waals surface area contributed by atoms with Crippen molar-refractivity contribution < 1.29 is 19.1 Å². The van der Waals surface area contributed by atoms with Crippen LogP contribution in [0.3, 0.4) is 0 Å². The first-order chi connectivity index (χ1) is 10.6. The first-order valence-corrected chi connectivity index (χ1v) is 7.42. The Kier molecular flexibility index (Phi) is 6.36. The zero-order valence-electron chi connectivity index (χ0n) is 12.7. The molecule has 0 bridgehead atoms. The predicted octanol–water partition coefficient (Wildman–Crippen LogP) is 0.613. The Morgan fingerprint density at radius 1 is 1.32 bits per heavy atom. The van der Waals surface area contributed by atoms with Gasteiger partial charge >= 0.3 is 0 Å². The van der Waals surface area contributed by atoms with Crippen molar-refractivity contribution in [3.05, 3.63) is 35.9 Å². The molecule has 0 spiro atoms.